The average molecular weight is 2200 g/mol. The van der Waals surface area contributed by atoms with Gasteiger partial charge in [0.15, 0.2) is 0 Å². The number of amides is 7. The van der Waals surface area contributed by atoms with Crippen LogP contribution in [0.2, 0.25) is 0 Å². The second-order valence-corrected chi connectivity index (χ2v) is 37.6. The molecular weight excluding hydrogens is 2090 g/mol. The number of carbonyl (C=O) groups is 7. The Bertz CT molecular complexity index is 6300. The van der Waals surface area contributed by atoms with Gasteiger partial charge in [-0.1, -0.05) is 74.0 Å². The summed E-state index contributed by atoms with van der Waals surface area (Å²) in [5.74, 6) is -2.65. The minimum atomic E-state index is -4.88. The van der Waals surface area contributed by atoms with Crippen LogP contribution in [0.4, 0.5) is 77.2 Å². The average Bonchev–Trinajstić information content (AvgIpc) is 0.742. The van der Waals surface area contributed by atoms with Crippen molar-refractivity contribution >= 4 is 75.3 Å². The normalized spacial score (nSPS) is 20.0. The number of ether oxygens (including phenoxy) is 7. The van der Waals surface area contributed by atoms with Gasteiger partial charge in [-0.15, -0.1) is 6.58 Å². The van der Waals surface area contributed by atoms with Crippen LogP contribution in [-0.2, 0) is 50.0 Å². The van der Waals surface area contributed by atoms with E-state index in [4.69, 9.17) is 38.9 Å². The molecule has 16 rings (SSSR count). The molecule has 3 aromatic heterocycles. The third-order valence-electron chi connectivity index (χ3n) is 27.0. The van der Waals surface area contributed by atoms with Crippen molar-refractivity contribution in [2.24, 2.45) is 5.73 Å². The summed E-state index contributed by atoms with van der Waals surface area (Å²) in [7, 11) is 3.17. The summed E-state index contributed by atoms with van der Waals surface area (Å²) < 4.78 is 250. The van der Waals surface area contributed by atoms with Gasteiger partial charge in [-0.05, 0) is 200 Å². The van der Waals surface area contributed by atoms with Gasteiger partial charge in [-0.3, -0.25) is 48.5 Å². The number of pyridine rings is 3. The SMILES string of the molecule is C=CCC1N(C(=O)c2cnccc2C(F)(F)F)CCCC1(Oc1ccc(I)cc1)C(=O)N1CCN(c2ccccc2OCCOC)CC1.CCC[C@H]1N(C(=O)c2cnccc2C(F)(F)F)CCC[C@@]1(Oc1ccc(C(F)(F)F)cc1)C(=O)N1CCC(Oc2ccc(C(N)=O)cc2)CC1.COc1ccccc1N1CCN(C(=O)C2(Oc3ccc(C(F)(F)F)cc3)CC[C@H](c3ccccc3)N(C(=O)c3cnccc3C(F)(F)F)C2)CC1. The molecule has 6 aliphatic rings. The number of hydrogen-bond donors (Lipinski definition) is 1. The number of piperazine rings is 2. The molecule has 10 aromatic rings. The Kier molecular flexibility index (Phi) is 35.4. The standard InChI is InChI=1S/C37H34F6N4O4.C35H36F6N4O5.C35H38F3IN4O5/c1-50-32-10-6-5-9-31(32)45-19-21-46(22-20-45)34(49)35(51-27-13-11-26(12-14-27)36(38,39)40)17-15-30(25-7-3-2-4-8-25)47(24-35)33(48)28-23-44-18-16-29(28)37(41,42)43;1-2-4-29-33(50-26-11-7-23(8-12-26)34(36,37)38,16-3-18-45(29)31(47)27-21-43-17-13-28(27)35(39,40)41)32(48)44-19-14-25(15-20-44)49-24-9-5-22(6-10-24)30(42)46;1-3-7-31-34(48-26-12-10-25(39)11-13-26,15-6-17-43(31)32(44)27-24-40-16-14-28(27)35(36,37)38)33(45)42-20-18-41(19-21-42)29-8-4-5-9-30(29)47-23-22-46-2/h2-14,16,18,23,30H,15,17,19-22,24H2,1H3;5-13,17,21,25,29H,2-4,14-16,18-20H2,1H3,(H2,42,46);3-5,8-14,16,24,31H,1,6-7,15,17-23H2,2H3/t30-,35?;29-,33+;/m11./s1. The maximum Gasteiger partial charge on any atom is 0.417 e. The van der Waals surface area contributed by atoms with Gasteiger partial charge in [0.2, 0.25) is 22.7 Å². The third kappa shape index (κ3) is 26.0. The van der Waals surface area contributed by atoms with Crippen LogP contribution in [0.1, 0.15) is 158 Å². The highest BCUT2D eigenvalue weighted by Gasteiger charge is 2.60. The lowest BCUT2D eigenvalue weighted by molar-refractivity contribution is -0.161. The van der Waals surface area contributed by atoms with Crippen molar-refractivity contribution in [2.75, 3.05) is 122 Å². The molecule has 42 heteroatoms. The number of carbonyl (C=O) groups excluding carboxylic acids is 7. The predicted octanol–water partition coefficient (Wildman–Crippen LogP) is 19.9. The summed E-state index contributed by atoms with van der Waals surface area (Å²) in [5, 5.41) is 0. The van der Waals surface area contributed by atoms with Crippen LogP contribution in [0.3, 0.4) is 0 Å². The van der Waals surface area contributed by atoms with E-state index in [2.05, 4.69) is 53.9 Å². The first-order chi connectivity index (χ1) is 71.0. The molecule has 0 aliphatic carbocycles. The molecule has 0 saturated carbocycles. The minimum Gasteiger partial charge on any atom is -0.495 e. The van der Waals surface area contributed by atoms with Crippen molar-refractivity contribution in [2.45, 2.75) is 149 Å². The summed E-state index contributed by atoms with van der Waals surface area (Å²) in [6, 6.07) is 44.4. The molecular formula is C107H108F15IN12O14. The number of primary amides is 1. The molecule has 149 heavy (non-hydrogen) atoms. The number of benzene rings is 7. The number of nitrogens with zero attached hydrogens (tertiary/aromatic N) is 11. The molecule has 0 spiro atoms. The molecule has 7 amide bonds. The van der Waals surface area contributed by atoms with E-state index in [0.29, 0.717) is 124 Å². The van der Waals surface area contributed by atoms with E-state index in [1.54, 1.807) is 96.5 Å². The number of nitrogens with two attached hydrogens (primary N) is 1. The van der Waals surface area contributed by atoms with E-state index in [-0.39, 0.29) is 108 Å². The summed E-state index contributed by atoms with van der Waals surface area (Å²) >= 11 is 2.17. The van der Waals surface area contributed by atoms with Crippen LogP contribution in [-0.4, -0.2) is 233 Å². The first-order valence-corrected chi connectivity index (χ1v) is 49.2. The monoisotopic (exact) mass is 2200 g/mol. The molecule has 0 bridgehead atoms. The number of aromatic nitrogens is 3. The highest BCUT2D eigenvalue weighted by molar-refractivity contribution is 14.1. The fourth-order valence-electron chi connectivity index (χ4n) is 19.8. The summed E-state index contributed by atoms with van der Waals surface area (Å²) in [6.07, 6.45) is -14.6. The van der Waals surface area contributed by atoms with Gasteiger partial charge < -0.3 is 78.1 Å². The van der Waals surface area contributed by atoms with Gasteiger partial charge in [-0.2, -0.15) is 65.9 Å². The topological polar surface area (TPSA) is 275 Å². The quantitative estimate of drug-likeness (QED) is 0.0217. The van der Waals surface area contributed by atoms with E-state index < -0.39 is 152 Å². The lowest BCUT2D eigenvalue weighted by Gasteiger charge is -2.50. The Labute approximate surface area is 862 Å². The van der Waals surface area contributed by atoms with Gasteiger partial charge in [-0.25, -0.2) is 0 Å². The van der Waals surface area contributed by atoms with E-state index in [9.17, 15) is 99.4 Å². The molecule has 6 fully saturated rings. The van der Waals surface area contributed by atoms with Gasteiger partial charge in [0.1, 0.15) is 47.2 Å². The van der Waals surface area contributed by atoms with Gasteiger partial charge >= 0.3 is 30.9 Å². The van der Waals surface area contributed by atoms with E-state index in [1.165, 1.54) is 26.8 Å². The van der Waals surface area contributed by atoms with E-state index >= 15 is 0 Å². The molecule has 6 aliphatic heterocycles. The number of rotatable bonds is 27. The number of para-hydroxylation sites is 4. The highest BCUT2D eigenvalue weighted by Crippen LogP contribution is 2.48. The second kappa shape index (κ2) is 47.7. The molecule has 0 radical (unpaired) electrons. The predicted molar refractivity (Wildman–Crippen MR) is 527 cm³/mol. The third-order valence-corrected chi connectivity index (χ3v) is 27.7. The summed E-state index contributed by atoms with van der Waals surface area (Å²) in [5.41, 5.74) is -4.54. The number of anilines is 2. The smallest absolute Gasteiger partial charge is 0.417 e. The number of alkyl halides is 15. The number of hydrogen-bond acceptors (Lipinski definition) is 19. The zero-order chi connectivity index (χ0) is 107. The Morgan fingerprint density at radius 2 is 0.859 bits per heavy atom. The lowest BCUT2D eigenvalue weighted by Crippen LogP contribution is -2.69. The fraction of sp³-hybridized carbons (Fsp3) is 0.383. The summed E-state index contributed by atoms with van der Waals surface area (Å²) in [6.45, 7) is 9.59. The number of halogens is 16. The first-order valence-electron chi connectivity index (χ1n) is 48.1. The largest absolute Gasteiger partial charge is 0.495 e. The molecule has 2 N–H and O–H groups in total. The molecule has 792 valence electrons. The van der Waals surface area contributed by atoms with Crippen LogP contribution >= 0.6 is 22.6 Å². The molecule has 9 heterocycles. The number of piperidine rings is 4. The van der Waals surface area contributed by atoms with Crippen molar-refractivity contribution in [1.82, 2.24) is 44.4 Å². The lowest BCUT2D eigenvalue weighted by atomic mass is 9.79. The zero-order valence-corrected chi connectivity index (χ0v) is 83.3. The zero-order valence-electron chi connectivity index (χ0n) is 81.2. The van der Waals surface area contributed by atoms with Crippen LogP contribution in [0.5, 0.6) is 34.5 Å². The van der Waals surface area contributed by atoms with Gasteiger partial charge in [0.25, 0.3) is 35.4 Å². The maximum atomic E-state index is 14.8. The first kappa shape index (κ1) is 111. The maximum absolute atomic E-state index is 14.8. The van der Waals surface area contributed by atoms with Crippen LogP contribution in [0.25, 0.3) is 0 Å². The van der Waals surface area contributed by atoms with Crippen LogP contribution in [0, 0.1) is 3.57 Å². The number of likely N-dealkylation sites (tertiary alicyclic amines) is 4. The van der Waals surface area contributed by atoms with Crippen molar-refractivity contribution in [3.05, 3.63) is 303 Å². The van der Waals surface area contributed by atoms with E-state index in [1.807, 2.05) is 60.7 Å². The van der Waals surface area contributed by atoms with Crippen molar-refractivity contribution < 1.29 is 133 Å². The van der Waals surface area contributed by atoms with Crippen LogP contribution < -0.4 is 44.0 Å². The van der Waals surface area contributed by atoms with Crippen LogP contribution in [0.15, 0.2) is 244 Å². The highest BCUT2D eigenvalue weighted by atomic mass is 127. The Balaban J connectivity index is 0.000000176. The molecule has 3 unspecified atom stereocenters. The summed E-state index contributed by atoms with van der Waals surface area (Å²) in [4.78, 5) is 122. The molecule has 7 aromatic carbocycles. The molecule has 6 atom stereocenters. The number of methoxy groups -OCH3 is 2. The molecule has 26 nitrogen and oxygen atoms in total. The second-order valence-electron chi connectivity index (χ2n) is 36.3. The Morgan fingerprint density at radius 1 is 0.443 bits per heavy atom. The Morgan fingerprint density at radius 3 is 1.31 bits per heavy atom. The van der Waals surface area contributed by atoms with Crippen molar-refractivity contribution in [1.29, 1.82) is 0 Å². The minimum absolute atomic E-state index is 0.0160. The fourth-order valence-corrected chi connectivity index (χ4v) is 20.1. The Hall–Kier alpha value is -13.9. The van der Waals surface area contributed by atoms with Crippen molar-refractivity contribution in [3.8, 4) is 34.5 Å². The van der Waals surface area contributed by atoms with Gasteiger partial charge in [0.05, 0.1) is 94.3 Å². The molecule has 6 saturated heterocycles. The van der Waals surface area contributed by atoms with E-state index in [0.717, 1.165) is 107 Å². The van der Waals surface area contributed by atoms with Gasteiger partial charge in [0, 0.05) is 164 Å². The van der Waals surface area contributed by atoms with Crippen molar-refractivity contribution in [3.63, 3.8) is 0 Å².